The zero-order valence-electron chi connectivity index (χ0n) is 33.8. The molecule has 0 aromatic rings. The van der Waals surface area contributed by atoms with Crippen LogP contribution in [0.1, 0.15) is 173 Å². The maximum absolute atomic E-state index is 13.5. The normalized spacial score (nSPS) is 40.5. The predicted molar refractivity (Wildman–Crippen MR) is 201 cm³/mol. The Labute approximate surface area is 301 Å². The molecule has 5 aliphatic rings. The van der Waals surface area contributed by atoms with Gasteiger partial charge in [0.1, 0.15) is 0 Å². The Morgan fingerprint density at radius 3 is 1.90 bits per heavy atom. The third kappa shape index (κ3) is 6.49. The number of carbonyl (C=O) groups excluding carboxylic acids is 2. The smallest absolute Gasteiger partial charge is 0.323 e. The first-order valence-electron chi connectivity index (χ1n) is 20.6. The molecule has 2 N–H and O–H groups in total. The Balaban J connectivity index is 1.35. The van der Waals surface area contributed by atoms with E-state index in [0.717, 1.165) is 25.2 Å². The number of esters is 2. The fraction of sp³-hybridized carbons (Fsp3) is 0.909. The summed E-state index contributed by atoms with van der Waals surface area (Å²) >= 11 is 0. The maximum atomic E-state index is 13.5. The number of hydrogen-bond acceptors (Lipinski definition) is 5. The molecular weight excluding hydrogens is 606 g/mol. The van der Waals surface area contributed by atoms with E-state index in [-0.39, 0.29) is 28.6 Å². The van der Waals surface area contributed by atoms with Crippen LogP contribution in [0.25, 0.3) is 0 Å². The van der Waals surface area contributed by atoms with Crippen molar-refractivity contribution in [1.29, 1.82) is 0 Å². The number of hydrogen-bond donors (Lipinski definition) is 1. The second-order valence-corrected chi connectivity index (χ2v) is 20.3. The Bertz CT molecular complexity index is 1230. The van der Waals surface area contributed by atoms with Gasteiger partial charge in [-0.3, -0.25) is 9.59 Å². The average Bonchev–Trinajstić information content (AvgIpc) is 3.30. The summed E-state index contributed by atoms with van der Waals surface area (Å²) in [5.41, 5.74) is 8.68. The van der Waals surface area contributed by atoms with Crippen LogP contribution >= 0.6 is 0 Å². The van der Waals surface area contributed by atoms with E-state index in [1.165, 1.54) is 57.8 Å². The van der Waals surface area contributed by atoms with Crippen LogP contribution < -0.4 is 5.73 Å². The fourth-order valence-electron chi connectivity index (χ4n) is 13.3. The molecule has 49 heavy (non-hydrogen) atoms. The molecule has 0 amide bonds. The Morgan fingerprint density at radius 2 is 1.37 bits per heavy atom. The molecule has 0 spiro atoms. The summed E-state index contributed by atoms with van der Waals surface area (Å²) in [6, 6.07) is 0. The van der Waals surface area contributed by atoms with Crippen LogP contribution in [0, 0.1) is 62.6 Å². The van der Waals surface area contributed by atoms with Crippen LogP contribution in [0.2, 0.25) is 0 Å². The van der Waals surface area contributed by atoms with E-state index in [9.17, 15) is 9.59 Å². The van der Waals surface area contributed by atoms with Gasteiger partial charge in [0.05, 0.1) is 12.2 Å². The molecule has 280 valence electrons. The third-order valence-electron chi connectivity index (χ3n) is 16.5. The lowest BCUT2D eigenvalue weighted by atomic mass is 9.36. The highest BCUT2D eigenvalue weighted by Gasteiger charge is 2.64. The van der Waals surface area contributed by atoms with E-state index < -0.39 is 17.4 Å². The summed E-state index contributed by atoms with van der Waals surface area (Å²) in [6.07, 6.45) is 17.5. The standard InChI is InChI=1S/C44H75NO4/c1-28(2)33-17-25-44(45,31(33)7)27-26-40(10)20-13-14-36-41(11)21-18-34(39(8,9)35(41)19-22-42(36,40)12)32-15-23-43(24-16-32,37(46)48-29(3)4)38(47)49-30(5)6/h18,28-33,35-36H,13-17,19-27,45H2,1-12H3/t31-,33-,35-,36+,40-,41-,42+,44-/m0/s1. The third-order valence-corrected chi connectivity index (χ3v) is 16.5. The second-order valence-electron chi connectivity index (χ2n) is 20.3. The number of carbonyl (C=O) groups is 2. The molecule has 0 aromatic heterocycles. The number of fused-ring (bicyclic) bond motifs is 3. The van der Waals surface area contributed by atoms with Gasteiger partial charge in [-0.25, -0.2) is 0 Å². The molecule has 0 unspecified atom stereocenters. The van der Waals surface area contributed by atoms with E-state index in [4.69, 9.17) is 15.2 Å². The molecule has 5 aliphatic carbocycles. The van der Waals surface area contributed by atoms with Crippen LogP contribution in [0.5, 0.6) is 0 Å². The van der Waals surface area contributed by atoms with Crippen molar-refractivity contribution >= 4 is 11.9 Å². The van der Waals surface area contributed by atoms with Gasteiger partial charge in [-0.2, -0.15) is 0 Å². The van der Waals surface area contributed by atoms with Crippen molar-refractivity contribution in [3.63, 3.8) is 0 Å². The Morgan fingerprint density at radius 1 is 0.776 bits per heavy atom. The zero-order chi connectivity index (χ0) is 36.4. The molecule has 0 heterocycles. The molecule has 0 bridgehead atoms. The Kier molecular flexibility index (Phi) is 10.8. The van der Waals surface area contributed by atoms with E-state index in [0.29, 0.717) is 53.3 Å². The summed E-state index contributed by atoms with van der Waals surface area (Å²) in [7, 11) is 0. The van der Waals surface area contributed by atoms with Gasteiger partial charge < -0.3 is 15.2 Å². The van der Waals surface area contributed by atoms with Crippen LogP contribution in [0.4, 0.5) is 0 Å². The predicted octanol–water partition coefficient (Wildman–Crippen LogP) is 10.8. The zero-order valence-corrected chi connectivity index (χ0v) is 33.8. The molecule has 5 rings (SSSR count). The summed E-state index contributed by atoms with van der Waals surface area (Å²) < 4.78 is 11.4. The summed E-state index contributed by atoms with van der Waals surface area (Å²) in [4.78, 5) is 26.9. The van der Waals surface area contributed by atoms with E-state index >= 15 is 0 Å². The van der Waals surface area contributed by atoms with Crippen molar-refractivity contribution < 1.29 is 19.1 Å². The number of nitrogens with two attached hydrogens (primary N) is 1. The molecule has 0 aliphatic heterocycles. The number of allylic oxidation sites excluding steroid dienone is 2. The molecule has 4 saturated carbocycles. The summed E-state index contributed by atoms with van der Waals surface area (Å²) in [5.74, 6) is 3.02. The van der Waals surface area contributed by atoms with Crippen LogP contribution in [0.15, 0.2) is 11.6 Å². The molecule has 5 heteroatoms. The quantitative estimate of drug-likeness (QED) is 0.149. The van der Waals surface area contributed by atoms with Crippen molar-refractivity contribution in [2.24, 2.45) is 68.3 Å². The highest BCUT2D eigenvalue weighted by molar-refractivity contribution is 6.00. The van der Waals surface area contributed by atoms with E-state index in [1.807, 2.05) is 27.7 Å². The highest BCUT2D eigenvalue weighted by atomic mass is 16.6. The molecule has 4 fully saturated rings. The summed E-state index contributed by atoms with van der Waals surface area (Å²) in [6.45, 7) is 27.7. The summed E-state index contributed by atoms with van der Waals surface area (Å²) in [5, 5.41) is 0. The van der Waals surface area contributed by atoms with Crippen LogP contribution in [-0.2, 0) is 19.1 Å². The van der Waals surface area contributed by atoms with E-state index in [2.05, 4.69) is 61.5 Å². The van der Waals surface area contributed by atoms with Crippen molar-refractivity contribution in [3.8, 4) is 0 Å². The SMILES string of the molecule is CC(C)OC(=O)C1(C(=O)OC(C)C)CCC(C2=CC[C@]3(C)[C@H]4CCC[C@@](C)(CC[C@@]5(N)CC[C@@H](C(C)C)[C@@H]5C)[C@]4(C)CC[C@H]3C2(C)C)CC1. The first kappa shape index (κ1) is 38.9. The first-order chi connectivity index (χ1) is 22.7. The molecule has 0 aromatic carbocycles. The molecule has 0 radical (unpaired) electrons. The minimum Gasteiger partial charge on any atom is -0.462 e. The largest absolute Gasteiger partial charge is 0.462 e. The molecular formula is C44H75NO4. The van der Waals surface area contributed by atoms with Gasteiger partial charge in [0.15, 0.2) is 5.41 Å². The van der Waals surface area contributed by atoms with Crippen molar-refractivity contribution in [3.05, 3.63) is 11.6 Å². The van der Waals surface area contributed by atoms with Crippen molar-refractivity contribution in [1.82, 2.24) is 0 Å². The van der Waals surface area contributed by atoms with Gasteiger partial charge in [0.2, 0.25) is 0 Å². The van der Waals surface area contributed by atoms with Gasteiger partial charge in [0, 0.05) is 5.54 Å². The monoisotopic (exact) mass is 682 g/mol. The lowest BCUT2D eigenvalue weighted by Gasteiger charge is -2.68. The maximum Gasteiger partial charge on any atom is 0.323 e. The lowest BCUT2D eigenvalue weighted by molar-refractivity contribution is -0.181. The van der Waals surface area contributed by atoms with Crippen molar-refractivity contribution in [2.45, 2.75) is 191 Å². The Hall–Kier alpha value is -1.36. The average molecular weight is 682 g/mol. The molecule has 5 nitrogen and oxygen atoms in total. The minimum absolute atomic E-state index is 0.0124. The first-order valence-corrected chi connectivity index (χ1v) is 20.6. The van der Waals surface area contributed by atoms with Crippen molar-refractivity contribution in [2.75, 3.05) is 0 Å². The van der Waals surface area contributed by atoms with Gasteiger partial charge in [-0.15, -0.1) is 0 Å². The number of ether oxygens (including phenoxy) is 2. The second kappa shape index (κ2) is 13.6. The number of rotatable bonds is 9. The van der Waals surface area contributed by atoms with Gasteiger partial charge in [0.25, 0.3) is 0 Å². The minimum atomic E-state index is -1.19. The van der Waals surface area contributed by atoms with Crippen LogP contribution in [-0.4, -0.2) is 29.7 Å². The topological polar surface area (TPSA) is 78.6 Å². The van der Waals surface area contributed by atoms with Gasteiger partial charge >= 0.3 is 11.9 Å². The highest BCUT2D eigenvalue weighted by Crippen LogP contribution is 2.72. The molecule has 0 saturated heterocycles. The molecule has 8 atom stereocenters. The van der Waals surface area contributed by atoms with Gasteiger partial charge in [-0.1, -0.05) is 73.5 Å². The van der Waals surface area contributed by atoms with E-state index in [1.54, 1.807) is 5.57 Å². The van der Waals surface area contributed by atoms with Crippen LogP contribution in [0.3, 0.4) is 0 Å². The lowest BCUT2D eigenvalue weighted by Crippen LogP contribution is -2.61. The van der Waals surface area contributed by atoms with Gasteiger partial charge in [-0.05, 0) is 168 Å². The fourth-order valence-corrected chi connectivity index (χ4v) is 13.3.